The lowest BCUT2D eigenvalue weighted by molar-refractivity contribution is -0.143. The van der Waals surface area contributed by atoms with Crippen LogP contribution in [0.5, 0.6) is 0 Å². The van der Waals surface area contributed by atoms with Crippen molar-refractivity contribution in [3.8, 4) is 0 Å². The molecule has 0 aromatic heterocycles. The van der Waals surface area contributed by atoms with Crippen LogP contribution in [0, 0.1) is 0 Å². The standard InChI is InChI=1S/C21H29N3O4/c1-4-17-18(20(26)28-13(2)3)19(23-21(27)22-17)14-5-7-15(8-6-14)24-11-9-16(25)10-12-24/h5-8,13,16,19,25H,4,9-12H2,1-3H3,(H2,22,23,27). The monoisotopic (exact) mass is 387 g/mol. The molecule has 28 heavy (non-hydrogen) atoms. The van der Waals surface area contributed by atoms with Crippen molar-refractivity contribution in [2.24, 2.45) is 0 Å². The summed E-state index contributed by atoms with van der Waals surface area (Å²) in [5, 5.41) is 15.3. The van der Waals surface area contributed by atoms with E-state index in [9.17, 15) is 14.7 Å². The number of rotatable bonds is 5. The van der Waals surface area contributed by atoms with Crippen molar-refractivity contribution in [2.45, 2.75) is 58.3 Å². The van der Waals surface area contributed by atoms with Crippen molar-refractivity contribution >= 4 is 17.7 Å². The Hall–Kier alpha value is -2.54. The average molecular weight is 387 g/mol. The fraction of sp³-hybridized carbons (Fsp3) is 0.524. The van der Waals surface area contributed by atoms with Gasteiger partial charge in [-0.05, 0) is 50.8 Å². The lowest BCUT2D eigenvalue weighted by atomic mass is 9.94. The summed E-state index contributed by atoms with van der Waals surface area (Å²) in [4.78, 5) is 27.1. The van der Waals surface area contributed by atoms with Crippen LogP contribution in [0.25, 0.3) is 0 Å². The third-order valence-corrected chi connectivity index (χ3v) is 5.13. The predicted molar refractivity (Wildman–Crippen MR) is 107 cm³/mol. The van der Waals surface area contributed by atoms with Gasteiger partial charge in [0.1, 0.15) is 0 Å². The minimum absolute atomic E-state index is 0.215. The Balaban J connectivity index is 1.86. The number of hydrogen-bond donors (Lipinski definition) is 3. The summed E-state index contributed by atoms with van der Waals surface area (Å²) >= 11 is 0. The number of hydrogen-bond acceptors (Lipinski definition) is 5. The van der Waals surface area contributed by atoms with E-state index in [1.54, 1.807) is 13.8 Å². The van der Waals surface area contributed by atoms with E-state index in [0.29, 0.717) is 17.7 Å². The van der Waals surface area contributed by atoms with E-state index in [-0.39, 0.29) is 18.2 Å². The molecule has 0 aliphatic carbocycles. The van der Waals surface area contributed by atoms with E-state index < -0.39 is 12.0 Å². The van der Waals surface area contributed by atoms with Gasteiger partial charge >= 0.3 is 12.0 Å². The largest absolute Gasteiger partial charge is 0.459 e. The highest BCUT2D eigenvalue weighted by molar-refractivity contribution is 5.95. The van der Waals surface area contributed by atoms with Crippen LogP contribution < -0.4 is 15.5 Å². The van der Waals surface area contributed by atoms with Crippen molar-refractivity contribution in [1.29, 1.82) is 0 Å². The first kappa shape index (κ1) is 20.2. The van der Waals surface area contributed by atoms with Crippen molar-refractivity contribution in [3.05, 3.63) is 41.1 Å². The Bertz CT molecular complexity index is 749. The molecular weight excluding hydrogens is 358 g/mol. The molecule has 2 aliphatic rings. The number of benzene rings is 1. The normalized spacial score (nSPS) is 20.8. The average Bonchev–Trinajstić information content (AvgIpc) is 2.67. The zero-order valence-electron chi connectivity index (χ0n) is 16.7. The molecular formula is C21H29N3O4. The SMILES string of the molecule is CCC1=C(C(=O)OC(C)C)C(c2ccc(N3CCC(O)CC3)cc2)NC(=O)N1. The Morgan fingerprint density at radius 3 is 2.46 bits per heavy atom. The molecule has 2 amide bonds. The zero-order chi connectivity index (χ0) is 20.3. The second-order valence-corrected chi connectivity index (χ2v) is 7.54. The number of ether oxygens (including phenoxy) is 1. The molecule has 3 N–H and O–H groups in total. The fourth-order valence-corrected chi connectivity index (χ4v) is 3.67. The Labute approximate surface area is 165 Å². The number of carbonyl (C=O) groups excluding carboxylic acids is 2. The van der Waals surface area contributed by atoms with Crippen LogP contribution in [0.15, 0.2) is 35.5 Å². The van der Waals surface area contributed by atoms with Crippen LogP contribution in [0.3, 0.4) is 0 Å². The number of aliphatic hydroxyl groups excluding tert-OH is 1. The number of nitrogens with zero attached hydrogens (tertiary/aromatic N) is 1. The summed E-state index contributed by atoms with van der Waals surface area (Å²) in [5.74, 6) is -0.418. The van der Waals surface area contributed by atoms with E-state index >= 15 is 0 Å². The van der Waals surface area contributed by atoms with Gasteiger partial charge in [0.15, 0.2) is 0 Å². The minimum Gasteiger partial charge on any atom is -0.459 e. The maximum atomic E-state index is 12.7. The van der Waals surface area contributed by atoms with Gasteiger partial charge in [-0.1, -0.05) is 19.1 Å². The van der Waals surface area contributed by atoms with E-state index in [1.807, 2.05) is 31.2 Å². The van der Waals surface area contributed by atoms with Crippen LogP contribution >= 0.6 is 0 Å². The molecule has 7 heteroatoms. The number of carbonyl (C=O) groups is 2. The molecule has 2 aliphatic heterocycles. The molecule has 7 nitrogen and oxygen atoms in total. The Kier molecular flexibility index (Phi) is 6.24. The first-order chi connectivity index (χ1) is 13.4. The van der Waals surface area contributed by atoms with Gasteiger partial charge in [0.05, 0.1) is 23.8 Å². The molecule has 1 aromatic rings. The second kappa shape index (κ2) is 8.65. The first-order valence-corrected chi connectivity index (χ1v) is 9.93. The maximum Gasteiger partial charge on any atom is 0.338 e. The van der Waals surface area contributed by atoms with Crippen LogP contribution in [0.4, 0.5) is 10.5 Å². The molecule has 0 saturated carbocycles. The lowest BCUT2D eigenvalue weighted by Crippen LogP contribution is -2.46. The predicted octanol–water partition coefficient (Wildman–Crippen LogP) is 2.62. The third kappa shape index (κ3) is 4.47. The van der Waals surface area contributed by atoms with Gasteiger partial charge < -0.3 is 25.4 Å². The van der Waals surface area contributed by atoms with Crippen molar-refractivity contribution in [2.75, 3.05) is 18.0 Å². The molecule has 1 aromatic carbocycles. The third-order valence-electron chi connectivity index (χ3n) is 5.13. The molecule has 152 valence electrons. The summed E-state index contributed by atoms with van der Waals surface area (Å²) in [7, 11) is 0. The van der Waals surface area contributed by atoms with Gasteiger partial charge in [0.25, 0.3) is 0 Å². The van der Waals surface area contributed by atoms with Crippen molar-refractivity contribution < 1.29 is 19.4 Å². The fourth-order valence-electron chi connectivity index (χ4n) is 3.67. The number of amides is 2. The van der Waals surface area contributed by atoms with Gasteiger partial charge in [-0.3, -0.25) is 0 Å². The lowest BCUT2D eigenvalue weighted by Gasteiger charge is -2.32. The van der Waals surface area contributed by atoms with Crippen LogP contribution in [-0.2, 0) is 9.53 Å². The van der Waals surface area contributed by atoms with Gasteiger partial charge in [0.2, 0.25) is 0 Å². The summed E-state index contributed by atoms with van der Waals surface area (Å²) < 4.78 is 5.42. The van der Waals surface area contributed by atoms with Gasteiger partial charge in [-0.15, -0.1) is 0 Å². The van der Waals surface area contributed by atoms with Crippen LogP contribution in [0.2, 0.25) is 0 Å². The number of allylic oxidation sites excluding steroid dienone is 1. The number of aliphatic hydroxyl groups is 1. The van der Waals surface area contributed by atoms with Gasteiger partial charge in [-0.2, -0.15) is 0 Å². The highest BCUT2D eigenvalue weighted by Crippen LogP contribution is 2.31. The molecule has 2 heterocycles. The summed E-state index contributed by atoms with van der Waals surface area (Å²) in [5.41, 5.74) is 2.94. The maximum absolute atomic E-state index is 12.7. The van der Waals surface area contributed by atoms with Crippen LogP contribution in [-0.4, -0.2) is 42.4 Å². The van der Waals surface area contributed by atoms with Crippen LogP contribution in [0.1, 0.15) is 51.6 Å². The molecule has 1 saturated heterocycles. The number of urea groups is 1. The molecule has 0 radical (unpaired) electrons. The van der Waals surface area contributed by atoms with E-state index in [4.69, 9.17) is 4.74 Å². The highest BCUT2D eigenvalue weighted by Gasteiger charge is 2.33. The highest BCUT2D eigenvalue weighted by atomic mass is 16.5. The number of piperidine rings is 1. The van der Waals surface area contributed by atoms with Crippen molar-refractivity contribution in [3.63, 3.8) is 0 Å². The topological polar surface area (TPSA) is 90.9 Å². The van der Waals surface area contributed by atoms with E-state index in [2.05, 4.69) is 15.5 Å². The molecule has 0 spiro atoms. The molecule has 1 unspecified atom stereocenters. The Morgan fingerprint density at radius 2 is 1.89 bits per heavy atom. The molecule has 3 rings (SSSR count). The first-order valence-electron chi connectivity index (χ1n) is 9.93. The number of nitrogens with one attached hydrogen (secondary N) is 2. The van der Waals surface area contributed by atoms with Gasteiger partial charge in [-0.25, -0.2) is 9.59 Å². The van der Waals surface area contributed by atoms with E-state index in [0.717, 1.165) is 37.2 Å². The molecule has 1 fully saturated rings. The molecule has 1 atom stereocenters. The summed E-state index contributed by atoms with van der Waals surface area (Å²) in [6.07, 6.45) is 1.60. The van der Waals surface area contributed by atoms with E-state index in [1.165, 1.54) is 0 Å². The minimum atomic E-state index is -0.549. The summed E-state index contributed by atoms with van der Waals surface area (Å²) in [6.45, 7) is 7.14. The number of anilines is 1. The summed E-state index contributed by atoms with van der Waals surface area (Å²) in [6, 6.07) is 7.00. The van der Waals surface area contributed by atoms with Gasteiger partial charge in [0, 0.05) is 24.5 Å². The zero-order valence-corrected chi connectivity index (χ0v) is 16.7. The Morgan fingerprint density at radius 1 is 1.25 bits per heavy atom. The number of esters is 1. The second-order valence-electron chi connectivity index (χ2n) is 7.54. The smallest absolute Gasteiger partial charge is 0.338 e. The van der Waals surface area contributed by atoms with Crippen molar-refractivity contribution in [1.82, 2.24) is 10.6 Å². The molecule has 0 bridgehead atoms. The quantitative estimate of drug-likeness (QED) is 0.676.